The van der Waals surface area contributed by atoms with E-state index in [2.05, 4.69) is 33.9 Å². The highest BCUT2D eigenvalue weighted by Crippen LogP contribution is 2.42. The molecule has 17 heavy (non-hydrogen) atoms. The van der Waals surface area contributed by atoms with E-state index in [1.807, 2.05) is 0 Å². The molecule has 0 radical (unpaired) electrons. The van der Waals surface area contributed by atoms with E-state index in [-0.39, 0.29) is 5.04 Å². The Morgan fingerprint density at radius 2 is 1.59 bits per heavy atom. The van der Waals surface area contributed by atoms with Crippen molar-refractivity contribution in [2.45, 2.75) is 38.9 Å². The highest BCUT2D eigenvalue weighted by molar-refractivity contribution is 6.74. The molecule has 0 fully saturated rings. The first-order chi connectivity index (χ1) is 7.54. The molecule has 0 aliphatic carbocycles. The van der Waals surface area contributed by atoms with Crippen LogP contribution in [0.4, 0.5) is 0 Å². The highest BCUT2D eigenvalue weighted by Gasteiger charge is 2.39. The zero-order valence-electron chi connectivity index (χ0n) is 10.7. The van der Waals surface area contributed by atoms with E-state index in [9.17, 15) is 0 Å². The first-order valence-electron chi connectivity index (χ1n) is 5.38. The van der Waals surface area contributed by atoms with E-state index >= 15 is 0 Å². The van der Waals surface area contributed by atoms with Crippen LogP contribution < -0.4 is 4.43 Å². The summed E-state index contributed by atoms with van der Waals surface area (Å²) in [5.41, 5.74) is 0. The lowest BCUT2D eigenvalue weighted by atomic mass is 10.2. The molecule has 1 aromatic carbocycles. The quantitative estimate of drug-likeness (QED) is 0.478. The van der Waals surface area contributed by atoms with Crippen LogP contribution in [0.3, 0.4) is 0 Å². The van der Waals surface area contributed by atoms with Crippen molar-refractivity contribution in [1.29, 1.82) is 0 Å². The first kappa shape index (κ1) is 15.2. The van der Waals surface area contributed by atoms with Crippen LogP contribution in [-0.2, 0) is 0 Å². The summed E-state index contributed by atoms with van der Waals surface area (Å²) in [5.74, 6) is 0.579. The van der Waals surface area contributed by atoms with Gasteiger partial charge in [-0.05, 0) is 30.3 Å². The molecule has 0 unspecified atom stereocenters. The molecule has 1 rings (SSSR count). The summed E-state index contributed by atoms with van der Waals surface area (Å²) in [4.78, 5) is 0. The summed E-state index contributed by atoms with van der Waals surface area (Å²) >= 11 is 18.1. The molecule has 0 aliphatic rings. The second-order valence-electron chi connectivity index (χ2n) is 5.56. The Bertz CT molecular complexity index is 424. The molecular formula is C12H17Cl3OSi. The maximum Gasteiger partial charge on any atom is 0.250 e. The molecule has 5 heteroatoms. The van der Waals surface area contributed by atoms with E-state index in [4.69, 9.17) is 39.2 Å². The van der Waals surface area contributed by atoms with Crippen molar-refractivity contribution in [3.63, 3.8) is 0 Å². The second-order valence-corrected chi connectivity index (χ2v) is 11.5. The van der Waals surface area contributed by atoms with Crippen molar-refractivity contribution in [3.05, 3.63) is 27.2 Å². The summed E-state index contributed by atoms with van der Waals surface area (Å²) in [6, 6.07) is 3.33. The lowest BCUT2D eigenvalue weighted by Crippen LogP contribution is -2.43. The summed E-state index contributed by atoms with van der Waals surface area (Å²) in [6.45, 7) is 10.8. The van der Waals surface area contributed by atoms with Gasteiger partial charge in [0.05, 0.1) is 10.0 Å². The number of rotatable bonds is 2. The average molecular weight is 312 g/mol. The van der Waals surface area contributed by atoms with Crippen LogP contribution in [0.1, 0.15) is 20.8 Å². The maximum atomic E-state index is 6.13. The topological polar surface area (TPSA) is 9.23 Å². The zero-order chi connectivity index (χ0) is 13.4. The van der Waals surface area contributed by atoms with E-state index in [0.29, 0.717) is 20.8 Å². The monoisotopic (exact) mass is 310 g/mol. The van der Waals surface area contributed by atoms with Crippen LogP contribution in [0.5, 0.6) is 5.75 Å². The van der Waals surface area contributed by atoms with Crippen LogP contribution >= 0.6 is 34.8 Å². The minimum absolute atomic E-state index is 0.102. The Morgan fingerprint density at radius 3 is 2.06 bits per heavy atom. The summed E-state index contributed by atoms with van der Waals surface area (Å²) in [6.07, 6.45) is 0. The SMILES string of the molecule is CC(C)(C)[Si](C)(C)Oc1cc(Cl)cc(Cl)c1Cl. The van der Waals surface area contributed by atoms with Gasteiger partial charge in [-0.3, -0.25) is 0 Å². The lowest BCUT2D eigenvalue weighted by molar-refractivity contribution is 0.492. The van der Waals surface area contributed by atoms with E-state index in [0.717, 1.165) is 0 Å². The van der Waals surface area contributed by atoms with Gasteiger partial charge in [-0.25, -0.2) is 0 Å². The normalized spacial score (nSPS) is 12.7. The molecular weight excluding hydrogens is 295 g/mol. The Labute approximate surface area is 119 Å². The minimum atomic E-state index is -1.92. The predicted molar refractivity (Wildman–Crippen MR) is 79.3 cm³/mol. The standard InChI is InChI=1S/C12H17Cl3OSi/c1-12(2,3)17(4,5)16-10-7-8(13)6-9(14)11(10)15/h6-7H,1-5H3. The average Bonchev–Trinajstić information content (AvgIpc) is 2.11. The van der Waals surface area contributed by atoms with Crippen LogP contribution in [0, 0.1) is 0 Å². The Hall–Kier alpha value is 0.107. The Kier molecular flexibility index (Phi) is 4.46. The van der Waals surface area contributed by atoms with Gasteiger partial charge < -0.3 is 4.43 Å². The van der Waals surface area contributed by atoms with Crippen molar-refractivity contribution in [2.24, 2.45) is 0 Å². The van der Waals surface area contributed by atoms with Crippen LogP contribution in [0.15, 0.2) is 12.1 Å². The molecule has 0 N–H and O–H groups in total. The van der Waals surface area contributed by atoms with Gasteiger partial charge >= 0.3 is 0 Å². The Balaban J connectivity index is 3.12. The molecule has 0 bridgehead atoms. The second kappa shape index (κ2) is 5.00. The van der Waals surface area contributed by atoms with Crippen molar-refractivity contribution in [2.75, 3.05) is 0 Å². The fourth-order valence-electron chi connectivity index (χ4n) is 1.03. The smallest absolute Gasteiger partial charge is 0.250 e. The minimum Gasteiger partial charge on any atom is -0.542 e. The number of benzene rings is 1. The maximum absolute atomic E-state index is 6.13. The predicted octanol–water partition coefficient (Wildman–Crippen LogP) is 6.03. The third kappa shape index (κ3) is 3.54. The van der Waals surface area contributed by atoms with Crippen molar-refractivity contribution in [1.82, 2.24) is 0 Å². The van der Waals surface area contributed by atoms with E-state index in [1.165, 1.54) is 0 Å². The third-order valence-corrected chi connectivity index (χ3v) is 8.48. The number of hydrogen-bond donors (Lipinski definition) is 0. The number of halogens is 3. The van der Waals surface area contributed by atoms with Gasteiger partial charge in [0.1, 0.15) is 5.75 Å². The number of hydrogen-bond acceptors (Lipinski definition) is 1. The van der Waals surface area contributed by atoms with Crippen molar-refractivity contribution < 1.29 is 4.43 Å². The van der Waals surface area contributed by atoms with E-state index < -0.39 is 8.32 Å². The molecule has 0 saturated carbocycles. The molecule has 96 valence electrons. The summed E-state index contributed by atoms with van der Waals surface area (Å²) in [7, 11) is -1.92. The molecule has 0 aliphatic heterocycles. The van der Waals surface area contributed by atoms with E-state index in [1.54, 1.807) is 12.1 Å². The van der Waals surface area contributed by atoms with Crippen LogP contribution in [0.2, 0.25) is 33.2 Å². The van der Waals surface area contributed by atoms with Crippen LogP contribution in [0.25, 0.3) is 0 Å². The molecule has 0 amide bonds. The van der Waals surface area contributed by atoms with Crippen molar-refractivity contribution >= 4 is 43.1 Å². The fourth-order valence-corrected chi connectivity index (χ4v) is 2.74. The van der Waals surface area contributed by atoms with Crippen molar-refractivity contribution in [3.8, 4) is 5.75 Å². The molecule has 0 aromatic heterocycles. The van der Waals surface area contributed by atoms with Gasteiger partial charge in [0.25, 0.3) is 8.32 Å². The van der Waals surface area contributed by atoms with Gasteiger partial charge in [0.15, 0.2) is 0 Å². The molecule has 0 saturated heterocycles. The largest absolute Gasteiger partial charge is 0.542 e. The van der Waals surface area contributed by atoms with Gasteiger partial charge in [-0.1, -0.05) is 55.6 Å². The van der Waals surface area contributed by atoms with Crippen LogP contribution in [-0.4, -0.2) is 8.32 Å². The lowest BCUT2D eigenvalue weighted by Gasteiger charge is -2.36. The van der Waals surface area contributed by atoms with Gasteiger partial charge in [-0.15, -0.1) is 0 Å². The Morgan fingerprint density at radius 1 is 1.06 bits per heavy atom. The molecule has 1 aromatic rings. The molecule has 1 nitrogen and oxygen atoms in total. The van der Waals surface area contributed by atoms with Gasteiger partial charge in [0, 0.05) is 5.02 Å². The highest BCUT2D eigenvalue weighted by atomic mass is 35.5. The van der Waals surface area contributed by atoms with Gasteiger partial charge in [-0.2, -0.15) is 0 Å². The summed E-state index contributed by atoms with van der Waals surface area (Å²) < 4.78 is 6.10. The molecule has 0 atom stereocenters. The first-order valence-corrected chi connectivity index (χ1v) is 9.42. The van der Waals surface area contributed by atoms with Gasteiger partial charge in [0.2, 0.25) is 0 Å². The zero-order valence-corrected chi connectivity index (χ0v) is 14.0. The molecule has 0 heterocycles. The third-order valence-electron chi connectivity index (χ3n) is 3.13. The summed E-state index contributed by atoms with van der Waals surface area (Å²) in [5, 5.41) is 1.49. The fraction of sp³-hybridized carbons (Fsp3) is 0.500. The molecule has 0 spiro atoms.